The van der Waals surface area contributed by atoms with E-state index in [1.807, 2.05) is 31.2 Å². The van der Waals surface area contributed by atoms with Crippen LogP contribution in [0.5, 0.6) is 0 Å². The van der Waals surface area contributed by atoms with Crippen molar-refractivity contribution >= 4 is 34.4 Å². The molecule has 6 nitrogen and oxygen atoms in total. The van der Waals surface area contributed by atoms with E-state index in [-0.39, 0.29) is 29.6 Å². The van der Waals surface area contributed by atoms with Gasteiger partial charge in [0.2, 0.25) is 5.91 Å². The van der Waals surface area contributed by atoms with Crippen molar-refractivity contribution in [3.63, 3.8) is 0 Å². The van der Waals surface area contributed by atoms with Crippen molar-refractivity contribution < 1.29 is 14.0 Å². The van der Waals surface area contributed by atoms with E-state index in [9.17, 15) is 19.6 Å². The van der Waals surface area contributed by atoms with Crippen LogP contribution in [-0.2, 0) is 4.79 Å². The fourth-order valence-electron chi connectivity index (χ4n) is 3.65. The number of ketones is 1. The van der Waals surface area contributed by atoms with E-state index in [0.717, 1.165) is 22.9 Å². The third-order valence-electron chi connectivity index (χ3n) is 5.21. The molecule has 0 fully saturated rings. The van der Waals surface area contributed by atoms with E-state index < -0.39 is 11.4 Å². The lowest BCUT2D eigenvalue weighted by molar-refractivity contribution is -0.120. The molecule has 0 bridgehead atoms. The highest BCUT2D eigenvalue weighted by atomic mass is 32.2. The smallest absolute Gasteiger partial charge is 0.347 e. The first-order chi connectivity index (χ1) is 15.0. The molecule has 1 atom stereocenters. The first kappa shape index (κ1) is 20.6. The van der Waals surface area contributed by atoms with Gasteiger partial charge in [0.1, 0.15) is 11.1 Å². The van der Waals surface area contributed by atoms with Crippen molar-refractivity contribution in [3.05, 3.63) is 92.3 Å². The van der Waals surface area contributed by atoms with Crippen LogP contribution < -0.4 is 10.9 Å². The molecule has 1 amide bonds. The van der Waals surface area contributed by atoms with Gasteiger partial charge in [-0.15, -0.1) is 0 Å². The highest BCUT2D eigenvalue weighted by Crippen LogP contribution is 2.37. The summed E-state index contributed by atoms with van der Waals surface area (Å²) in [5, 5.41) is 13.5. The Labute approximate surface area is 182 Å². The molecule has 4 rings (SSSR count). The van der Waals surface area contributed by atoms with Crippen LogP contribution in [0.2, 0.25) is 0 Å². The molecule has 2 aromatic carbocycles. The van der Waals surface area contributed by atoms with Crippen molar-refractivity contribution in [1.29, 1.82) is 5.26 Å². The number of nitriles is 1. The molecule has 154 valence electrons. The minimum atomic E-state index is -0.704. The van der Waals surface area contributed by atoms with Crippen molar-refractivity contribution in [1.82, 2.24) is 5.32 Å². The summed E-state index contributed by atoms with van der Waals surface area (Å²) in [4.78, 5) is 37.3. The lowest BCUT2D eigenvalue weighted by Crippen LogP contribution is -2.31. The van der Waals surface area contributed by atoms with Crippen LogP contribution in [0.25, 0.3) is 11.0 Å². The highest BCUT2D eigenvalue weighted by Gasteiger charge is 2.30. The Kier molecular flexibility index (Phi) is 5.74. The molecule has 31 heavy (non-hydrogen) atoms. The van der Waals surface area contributed by atoms with Gasteiger partial charge in [0, 0.05) is 17.7 Å². The molecule has 0 spiro atoms. The van der Waals surface area contributed by atoms with Crippen molar-refractivity contribution in [3.8, 4) is 6.07 Å². The topological polar surface area (TPSA) is 100 Å². The number of Topliss-reactive ketones (excluding diaryl/α,β-unsaturated/α-hetero) is 1. The lowest BCUT2D eigenvalue weighted by atomic mass is 9.85. The second-order valence-electron chi connectivity index (χ2n) is 7.21. The standard InChI is InChI=1S/C24H18N2O4S/c1-14-6-2-4-8-16(14)17-11-22(28)26-23(19(17)12-25)31-13-20(27)18-10-15-7-3-5-9-21(15)30-24(18)29/h2-10,17H,11,13H2,1H3,(H,26,28)/t17-/m1/s1. The van der Waals surface area contributed by atoms with Crippen LogP contribution in [0.4, 0.5) is 0 Å². The fraction of sp³-hybridized carbons (Fsp3) is 0.167. The van der Waals surface area contributed by atoms with E-state index >= 15 is 0 Å². The van der Waals surface area contributed by atoms with Gasteiger partial charge in [-0.25, -0.2) is 4.79 Å². The second-order valence-corrected chi connectivity index (χ2v) is 8.20. The summed E-state index contributed by atoms with van der Waals surface area (Å²) in [6.45, 7) is 1.94. The number of carbonyl (C=O) groups excluding carboxylic acids is 2. The van der Waals surface area contributed by atoms with Crippen LogP contribution in [0, 0.1) is 18.3 Å². The molecule has 2 heterocycles. The van der Waals surface area contributed by atoms with Gasteiger partial charge in [-0.1, -0.05) is 54.2 Å². The molecular weight excluding hydrogens is 412 g/mol. The van der Waals surface area contributed by atoms with E-state index in [1.54, 1.807) is 24.3 Å². The maximum absolute atomic E-state index is 12.7. The molecular formula is C24H18N2O4S. The average molecular weight is 430 g/mol. The van der Waals surface area contributed by atoms with Crippen molar-refractivity contribution in [2.45, 2.75) is 19.3 Å². The molecule has 0 radical (unpaired) electrons. The number of thioether (sulfide) groups is 1. The average Bonchev–Trinajstić information content (AvgIpc) is 2.77. The summed E-state index contributed by atoms with van der Waals surface area (Å²) in [6, 6.07) is 18.3. The number of amides is 1. The van der Waals surface area contributed by atoms with Crippen LogP contribution in [-0.4, -0.2) is 17.4 Å². The molecule has 1 aromatic heterocycles. The summed E-state index contributed by atoms with van der Waals surface area (Å²) in [5.41, 5.74) is 1.97. The number of carbonyl (C=O) groups is 2. The zero-order chi connectivity index (χ0) is 22.0. The minimum absolute atomic E-state index is 0.0529. The van der Waals surface area contributed by atoms with Crippen LogP contribution >= 0.6 is 11.8 Å². The van der Waals surface area contributed by atoms with Crippen LogP contribution in [0.15, 0.2) is 74.4 Å². The molecule has 3 aromatic rings. The summed E-state index contributed by atoms with van der Waals surface area (Å²) < 4.78 is 5.23. The summed E-state index contributed by atoms with van der Waals surface area (Å²) in [6.07, 6.45) is 0.167. The molecule has 1 aliphatic heterocycles. The van der Waals surface area contributed by atoms with Gasteiger partial charge in [0.15, 0.2) is 5.78 Å². The van der Waals surface area contributed by atoms with Gasteiger partial charge in [-0.2, -0.15) is 5.26 Å². The van der Waals surface area contributed by atoms with Crippen LogP contribution in [0.1, 0.15) is 33.8 Å². The number of hydrogen-bond acceptors (Lipinski definition) is 6. The molecule has 1 aliphatic rings. The maximum atomic E-state index is 12.7. The van der Waals surface area contributed by atoms with Gasteiger partial charge < -0.3 is 9.73 Å². The van der Waals surface area contributed by atoms with Gasteiger partial charge in [0.25, 0.3) is 0 Å². The van der Waals surface area contributed by atoms with Gasteiger partial charge >= 0.3 is 5.63 Å². The number of fused-ring (bicyclic) bond motifs is 1. The monoisotopic (exact) mass is 430 g/mol. The van der Waals surface area contributed by atoms with E-state index in [0.29, 0.717) is 21.6 Å². The highest BCUT2D eigenvalue weighted by molar-refractivity contribution is 8.03. The normalized spacial score (nSPS) is 16.1. The quantitative estimate of drug-likeness (QED) is 0.484. The number of hydrogen-bond donors (Lipinski definition) is 1. The predicted molar refractivity (Wildman–Crippen MR) is 119 cm³/mol. The van der Waals surface area contributed by atoms with Gasteiger partial charge in [-0.3, -0.25) is 9.59 Å². The maximum Gasteiger partial charge on any atom is 0.347 e. The molecule has 1 N–H and O–H groups in total. The number of aryl methyl sites for hydroxylation is 1. The number of para-hydroxylation sites is 1. The number of rotatable bonds is 5. The Bertz CT molecular complexity index is 1330. The largest absolute Gasteiger partial charge is 0.422 e. The Morgan fingerprint density at radius 1 is 1.19 bits per heavy atom. The van der Waals surface area contributed by atoms with Gasteiger partial charge in [0.05, 0.1) is 22.4 Å². The molecule has 7 heteroatoms. The lowest BCUT2D eigenvalue weighted by Gasteiger charge is -2.26. The Morgan fingerprint density at radius 3 is 2.71 bits per heavy atom. The van der Waals surface area contributed by atoms with Gasteiger partial charge in [-0.05, 0) is 30.2 Å². The Balaban J connectivity index is 1.62. The van der Waals surface area contributed by atoms with E-state index in [4.69, 9.17) is 4.42 Å². The number of allylic oxidation sites excluding steroid dienone is 1. The Hall–Kier alpha value is -3.63. The first-order valence-corrected chi connectivity index (χ1v) is 10.6. The number of nitrogens with zero attached hydrogens (tertiary/aromatic N) is 1. The molecule has 0 unspecified atom stereocenters. The fourth-order valence-corrected chi connectivity index (χ4v) is 4.61. The summed E-state index contributed by atoms with van der Waals surface area (Å²) in [7, 11) is 0. The zero-order valence-corrected chi connectivity index (χ0v) is 17.5. The van der Waals surface area contributed by atoms with E-state index in [1.165, 1.54) is 6.07 Å². The third kappa shape index (κ3) is 4.16. The summed E-state index contributed by atoms with van der Waals surface area (Å²) in [5.74, 6) is -1.12. The van der Waals surface area contributed by atoms with Crippen molar-refractivity contribution in [2.75, 3.05) is 5.75 Å². The molecule has 0 aliphatic carbocycles. The molecule has 0 saturated carbocycles. The zero-order valence-electron chi connectivity index (χ0n) is 16.7. The van der Waals surface area contributed by atoms with Crippen molar-refractivity contribution in [2.24, 2.45) is 0 Å². The SMILES string of the molecule is Cc1ccccc1[C@H]1CC(=O)NC(SCC(=O)c2cc3ccccc3oc2=O)=C1C#N. The second kappa shape index (κ2) is 8.62. The van der Waals surface area contributed by atoms with Crippen LogP contribution in [0.3, 0.4) is 0 Å². The summed E-state index contributed by atoms with van der Waals surface area (Å²) >= 11 is 1.05. The molecule has 0 saturated heterocycles. The predicted octanol–water partition coefficient (Wildman–Crippen LogP) is 4.06. The minimum Gasteiger partial charge on any atom is -0.422 e. The first-order valence-electron chi connectivity index (χ1n) is 9.66. The number of nitrogens with one attached hydrogen (secondary N) is 1. The third-order valence-corrected chi connectivity index (χ3v) is 6.23. The number of benzene rings is 2. The Morgan fingerprint density at radius 2 is 1.94 bits per heavy atom. The van der Waals surface area contributed by atoms with E-state index in [2.05, 4.69) is 11.4 Å².